The van der Waals surface area contributed by atoms with Gasteiger partial charge >= 0.3 is 0 Å². The maximum Gasteiger partial charge on any atom is 0.253 e. The van der Waals surface area contributed by atoms with Gasteiger partial charge < -0.3 is 10.6 Å². The molecule has 2 N–H and O–H groups in total. The van der Waals surface area contributed by atoms with Gasteiger partial charge in [0.25, 0.3) is 5.91 Å². The first-order chi connectivity index (χ1) is 10.6. The summed E-state index contributed by atoms with van der Waals surface area (Å²) in [5.74, 6) is -0.271. The van der Waals surface area contributed by atoms with Gasteiger partial charge in [0.15, 0.2) is 0 Å². The maximum atomic E-state index is 12.3. The Morgan fingerprint density at radius 2 is 1.86 bits per heavy atom. The van der Waals surface area contributed by atoms with E-state index in [1.165, 1.54) is 0 Å². The molecule has 0 aliphatic rings. The van der Waals surface area contributed by atoms with Crippen LogP contribution in [0.1, 0.15) is 24.2 Å². The summed E-state index contributed by atoms with van der Waals surface area (Å²) >= 11 is 0. The van der Waals surface area contributed by atoms with E-state index < -0.39 is 0 Å². The fourth-order valence-corrected chi connectivity index (χ4v) is 1.94. The Kier molecular flexibility index (Phi) is 5.30. The average Bonchev–Trinajstić information content (AvgIpc) is 3.05. The molecular formula is C16H20N4O2. The number of carbonyl (C=O) groups is 2. The lowest BCUT2D eigenvalue weighted by atomic mass is 10.1. The molecule has 0 aliphatic carbocycles. The van der Waals surface area contributed by atoms with Crippen LogP contribution < -0.4 is 10.6 Å². The van der Waals surface area contributed by atoms with E-state index in [9.17, 15) is 9.59 Å². The molecule has 1 heterocycles. The molecule has 6 heteroatoms. The fraction of sp³-hybridized carbons (Fsp3) is 0.312. The highest BCUT2D eigenvalue weighted by Gasteiger charge is 2.12. The Morgan fingerprint density at radius 3 is 2.55 bits per heavy atom. The van der Waals surface area contributed by atoms with E-state index in [1.54, 1.807) is 29.2 Å². The standard InChI is InChI=1S/C16H20N4O2/c1-12(2)15(21)17-9-10-18-16(22)13-6-3-4-7-14(13)20-11-5-8-19-20/h3-8,11-12H,9-10H2,1-2H3,(H,17,21)(H,18,22). The summed E-state index contributed by atoms with van der Waals surface area (Å²) in [5.41, 5.74) is 1.26. The van der Waals surface area contributed by atoms with Crippen molar-refractivity contribution in [1.82, 2.24) is 20.4 Å². The topological polar surface area (TPSA) is 76.0 Å². The molecule has 2 aromatic rings. The van der Waals surface area contributed by atoms with Crippen molar-refractivity contribution in [2.45, 2.75) is 13.8 Å². The van der Waals surface area contributed by atoms with Gasteiger partial charge in [-0.15, -0.1) is 0 Å². The number of hydrogen-bond donors (Lipinski definition) is 2. The Labute approximate surface area is 129 Å². The molecular weight excluding hydrogens is 280 g/mol. The van der Waals surface area contributed by atoms with Gasteiger partial charge in [-0.1, -0.05) is 26.0 Å². The fourth-order valence-electron chi connectivity index (χ4n) is 1.94. The monoisotopic (exact) mass is 300 g/mol. The Hall–Kier alpha value is -2.63. The molecule has 2 rings (SSSR count). The zero-order chi connectivity index (χ0) is 15.9. The highest BCUT2D eigenvalue weighted by molar-refractivity contribution is 5.97. The molecule has 0 atom stereocenters. The number of nitrogens with zero attached hydrogens (tertiary/aromatic N) is 2. The van der Waals surface area contributed by atoms with Crippen LogP contribution in [0.15, 0.2) is 42.7 Å². The van der Waals surface area contributed by atoms with Crippen LogP contribution in [-0.2, 0) is 4.79 Å². The number of hydrogen-bond acceptors (Lipinski definition) is 3. The van der Waals surface area contributed by atoms with Crippen molar-refractivity contribution in [2.75, 3.05) is 13.1 Å². The van der Waals surface area contributed by atoms with Crippen LogP contribution in [0.4, 0.5) is 0 Å². The Balaban J connectivity index is 1.95. The lowest BCUT2D eigenvalue weighted by Crippen LogP contribution is -2.36. The van der Waals surface area contributed by atoms with Gasteiger partial charge in [-0.2, -0.15) is 5.10 Å². The van der Waals surface area contributed by atoms with Crippen LogP contribution in [0.25, 0.3) is 5.69 Å². The zero-order valence-electron chi connectivity index (χ0n) is 12.7. The molecule has 0 radical (unpaired) electrons. The van der Waals surface area contributed by atoms with Crippen LogP contribution in [0.5, 0.6) is 0 Å². The SMILES string of the molecule is CC(C)C(=O)NCCNC(=O)c1ccccc1-n1cccn1. The molecule has 116 valence electrons. The number of aromatic nitrogens is 2. The summed E-state index contributed by atoms with van der Waals surface area (Å²) in [7, 11) is 0. The molecule has 0 bridgehead atoms. The lowest BCUT2D eigenvalue weighted by Gasteiger charge is -2.11. The van der Waals surface area contributed by atoms with Crippen molar-refractivity contribution < 1.29 is 9.59 Å². The molecule has 0 unspecified atom stereocenters. The summed E-state index contributed by atoms with van der Waals surface area (Å²) in [4.78, 5) is 23.7. The number of amides is 2. The number of para-hydroxylation sites is 1. The normalized spacial score (nSPS) is 10.5. The van der Waals surface area contributed by atoms with Crippen molar-refractivity contribution in [1.29, 1.82) is 0 Å². The summed E-state index contributed by atoms with van der Waals surface area (Å²) in [6.07, 6.45) is 3.45. The largest absolute Gasteiger partial charge is 0.354 e. The Bertz CT molecular complexity index is 635. The van der Waals surface area contributed by atoms with Crippen molar-refractivity contribution >= 4 is 11.8 Å². The summed E-state index contributed by atoms with van der Waals surface area (Å²) in [6.45, 7) is 4.44. The summed E-state index contributed by atoms with van der Waals surface area (Å²) in [6, 6.07) is 9.05. The highest BCUT2D eigenvalue weighted by atomic mass is 16.2. The van der Waals surface area contributed by atoms with Crippen LogP contribution in [0, 0.1) is 5.92 Å². The number of carbonyl (C=O) groups excluding carboxylic acids is 2. The van der Waals surface area contributed by atoms with E-state index >= 15 is 0 Å². The quantitative estimate of drug-likeness (QED) is 0.791. The molecule has 6 nitrogen and oxygen atoms in total. The second-order valence-corrected chi connectivity index (χ2v) is 5.17. The summed E-state index contributed by atoms with van der Waals surface area (Å²) in [5, 5.41) is 9.71. The minimum Gasteiger partial charge on any atom is -0.354 e. The van der Waals surface area contributed by atoms with Gasteiger partial charge in [0, 0.05) is 31.4 Å². The first kappa shape index (κ1) is 15.8. The molecule has 22 heavy (non-hydrogen) atoms. The number of benzene rings is 1. The third kappa shape index (κ3) is 3.94. The van der Waals surface area contributed by atoms with Crippen LogP contribution in [0.2, 0.25) is 0 Å². The first-order valence-electron chi connectivity index (χ1n) is 7.24. The van der Waals surface area contributed by atoms with E-state index in [4.69, 9.17) is 0 Å². The van der Waals surface area contributed by atoms with Crippen LogP contribution in [-0.4, -0.2) is 34.7 Å². The van der Waals surface area contributed by atoms with E-state index in [0.717, 1.165) is 5.69 Å². The van der Waals surface area contributed by atoms with Gasteiger partial charge in [0.2, 0.25) is 5.91 Å². The van der Waals surface area contributed by atoms with Gasteiger partial charge in [0.1, 0.15) is 0 Å². The van der Waals surface area contributed by atoms with E-state index in [0.29, 0.717) is 18.7 Å². The summed E-state index contributed by atoms with van der Waals surface area (Å²) < 4.78 is 1.65. The highest BCUT2D eigenvalue weighted by Crippen LogP contribution is 2.13. The molecule has 0 saturated carbocycles. The lowest BCUT2D eigenvalue weighted by molar-refractivity contribution is -0.123. The van der Waals surface area contributed by atoms with Gasteiger partial charge in [-0.05, 0) is 18.2 Å². The van der Waals surface area contributed by atoms with Crippen molar-refractivity contribution in [3.63, 3.8) is 0 Å². The third-order valence-corrected chi connectivity index (χ3v) is 3.13. The zero-order valence-corrected chi connectivity index (χ0v) is 12.7. The first-order valence-corrected chi connectivity index (χ1v) is 7.24. The molecule has 1 aromatic carbocycles. The molecule has 2 amide bonds. The molecule has 0 spiro atoms. The van der Waals surface area contributed by atoms with E-state index in [1.807, 2.05) is 32.0 Å². The van der Waals surface area contributed by atoms with Crippen molar-refractivity contribution in [3.8, 4) is 5.69 Å². The predicted octanol–water partition coefficient (Wildman–Crippen LogP) is 1.37. The number of nitrogens with one attached hydrogen (secondary N) is 2. The predicted molar refractivity (Wildman–Crippen MR) is 83.7 cm³/mol. The smallest absolute Gasteiger partial charge is 0.253 e. The van der Waals surface area contributed by atoms with E-state index in [-0.39, 0.29) is 17.7 Å². The van der Waals surface area contributed by atoms with Gasteiger partial charge in [-0.3, -0.25) is 9.59 Å². The van der Waals surface area contributed by atoms with Crippen molar-refractivity contribution in [3.05, 3.63) is 48.3 Å². The van der Waals surface area contributed by atoms with Gasteiger partial charge in [0.05, 0.1) is 11.3 Å². The minimum absolute atomic E-state index is 0.0220. The average molecular weight is 300 g/mol. The maximum absolute atomic E-state index is 12.3. The third-order valence-electron chi connectivity index (χ3n) is 3.13. The van der Waals surface area contributed by atoms with E-state index in [2.05, 4.69) is 15.7 Å². The number of rotatable bonds is 6. The van der Waals surface area contributed by atoms with Crippen LogP contribution in [0.3, 0.4) is 0 Å². The molecule has 1 aromatic heterocycles. The molecule has 0 aliphatic heterocycles. The Morgan fingerprint density at radius 1 is 1.14 bits per heavy atom. The van der Waals surface area contributed by atoms with Crippen LogP contribution >= 0.6 is 0 Å². The molecule has 0 fully saturated rings. The minimum atomic E-state index is -0.190. The molecule has 0 saturated heterocycles. The van der Waals surface area contributed by atoms with Gasteiger partial charge in [-0.25, -0.2) is 4.68 Å². The van der Waals surface area contributed by atoms with Crippen molar-refractivity contribution in [2.24, 2.45) is 5.92 Å². The second kappa shape index (κ2) is 7.40. The second-order valence-electron chi connectivity index (χ2n) is 5.17.